The largest absolute Gasteiger partial charge is 0.274 e. The fourth-order valence-corrected chi connectivity index (χ4v) is 11.7. The van der Waals surface area contributed by atoms with Crippen molar-refractivity contribution >= 4 is 63.8 Å². The molecular formula is C54H67N3NiO12S3. The number of anilines is 1. The summed E-state index contributed by atoms with van der Waals surface area (Å²) in [5.74, 6) is -1.22. The first-order valence-corrected chi connectivity index (χ1v) is 29.5. The summed E-state index contributed by atoms with van der Waals surface area (Å²) < 4.78 is 102. The maximum atomic E-state index is 12.8. The van der Waals surface area contributed by atoms with Gasteiger partial charge in [-0.25, -0.2) is 0 Å². The van der Waals surface area contributed by atoms with Crippen LogP contribution in [-0.4, -0.2) is 91.4 Å². The molecule has 6 rings (SSSR count). The van der Waals surface area contributed by atoms with Gasteiger partial charge in [-0.3, -0.25) is 28.4 Å². The van der Waals surface area contributed by atoms with Gasteiger partial charge in [0.1, 0.15) is 0 Å². The first-order valence-electron chi connectivity index (χ1n) is 24.6. The topological polar surface area (TPSA) is 233 Å². The molecule has 1 aliphatic carbocycles. The third-order valence-electron chi connectivity index (χ3n) is 14.1. The van der Waals surface area contributed by atoms with Gasteiger partial charge in [0, 0.05) is 25.4 Å². The fraction of sp³-hybridized carbons (Fsp3) is 0.444. The molecule has 0 saturated carbocycles. The number of imide groups is 1. The minimum Gasteiger partial charge on any atom is -0.274 e. The van der Waals surface area contributed by atoms with Crippen molar-refractivity contribution in [2.75, 3.05) is 30.3 Å². The Morgan fingerprint density at radius 2 is 1.55 bits per heavy atom. The summed E-state index contributed by atoms with van der Waals surface area (Å²) in [6.07, 6.45) is 13.2. The fourth-order valence-electron chi connectivity index (χ4n) is 9.83. The summed E-state index contributed by atoms with van der Waals surface area (Å²) in [6, 6.07) is 18.7. The standard InChI is InChI=1S/C54H67N3O12S3.Ni/c1-37(2)45-36-50(59)57(52(45)60)31-29-55-49(58)23-8-7-15-38-16-11-19-41(33-38)51-39(20-14-28-53(3,4)42-21-13-22-43(34-42)71(64,65)66)17-12-18-40(51)24-27-48-54(5,6)46-35-44(72(67,68)69)25-26-47(46)56(48)30-9-10-32-70(61,62)63;/h11,13-14,16,19-22,24-27,33-35,37,45H,7-10,12,15,17-18,23,29-32,36H2,1-6H3,(H,55,58)(H,61,62,63)(H,64,65,66)(H,67,68,69);/b20-14+,40-24-,48-27-;. The van der Waals surface area contributed by atoms with E-state index in [2.05, 4.69) is 17.5 Å². The van der Waals surface area contributed by atoms with Crippen molar-refractivity contribution in [3.05, 3.63) is 130 Å². The molecule has 2 aliphatic heterocycles. The molecule has 1 saturated heterocycles. The van der Waals surface area contributed by atoms with Crippen molar-refractivity contribution in [2.24, 2.45) is 11.8 Å². The Bertz CT molecular complexity index is 3120. The molecule has 3 aliphatic rings. The smallest absolute Gasteiger partial charge is 0.233 e. The summed E-state index contributed by atoms with van der Waals surface area (Å²) in [7, 11) is -13.2. The SMILES string of the molecule is CC(C)C1CC(=O)N(CCNC(=O)CCCCc2cccc(C3=C(/C=C/[C](=[Ni])C(C)(C)c4cccc(S(=O)(=O)O)c4)CCC/C3=C/C=C3\N(CCCCS(=O)(=O)O)c4ccc(S(=O)(=O)O)cc4C3(C)C)c2)C1=O. The van der Waals surface area contributed by atoms with Gasteiger partial charge in [0.25, 0.3) is 20.2 Å². The monoisotopic (exact) mass is 1100 g/mol. The van der Waals surface area contributed by atoms with Gasteiger partial charge in [0.05, 0.1) is 10.6 Å². The number of hydrogen-bond donors (Lipinski definition) is 4. The first-order chi connectivity index (χ1) is 34.1. The molecule has 1 fully saturated rings. The molecular weight excluding hydrogens is 1040 g/mol. The third kappa shape index (κ3) is 14.3. The van der Waals surface area contributed by atoms with Crippen LogP contribution in [0.5, 0.6) is 0 Å². The van der Waals surface area contributed by atoms with Crippen LogP contribution in [0.4, 0.5) is 5.69 Å². The molecule has 4 N–H and O–H groups in total. The van der Waals surface area contributed by atoms with Gasteiger partial charge >= 0.3 is 284 Å². The average molecular weight is 1110 g/mol. The van der Waals surface area contributed by atoms with E-state index in [-0.39, 0.29) is 71.7 Å². The van der Waals surface area contributed by atoms with Gasteiger partial charge in [-0.1, -0.05) is 13.8 Å². The Morgan fingerprint density at radius 3 is 2.22 bits per heavy atom. The van der Waals surface area contributed by atoms with Crippen LogP contribution in [-0.2, 0) is 77.0 Å². The van der Waals surface area contributed by atoms with Crippen LogP contribution in [0, 0.1) is 11.8 Å². The van der Waals surface area contributed by atoms with E-state index in [4.69, 9.17) is 15.0 Å². The average Bonchev–Trinajstić information content (AvgIpc) is 3.72. The van der Waals surface area contributed by atoms with E-state index in [0.29, 0.717) is 60.0 Å². The van der Waals surface area contributed by atoms with E-state index in [1.165, 1.54) is 29.2 Å². The third-order valence-corrected chi connectivity index (χ3v) is 17.4. The maximum absolute atomic E-state index is 12.8. The zero-order valence-electron chi connectivity index (χ0n) is 42.2. The zero-order chi connectivity index (χ0) is 53.7. The van der Waals surface area contributed by atoms with Crippen LogP contribution < -0.4 is 10.2 Å². The van der Waals surface area contributed by atoms with E-state index in [0.717, 1.165) is 46.4 Å². The molecule has 19 heteroatoms. The van der Waals surface area contributed by atoms with Crippen molar-refractivity contribution in [1.82, 2.24) is 10.2 Å². The minimum absolute atomic E-state index is 0.0624. The Hall–Kier alpha value is -4.88. The zero-order valence-corrected chi connectivity index (χ0v) is 45.6. The van der Waals surface area contributed by atoms with Crippen LogP contribution in [0.15, 0.2) is 118 Å². The number of likely N-dealkylation sites (tertiary alicyclic amines) is 1. The molecule has 0 bridgehead atoms. The van der Waals surface area contributed by atoms with E-state index >= 15 is 0 Å². The van der Waals surface area contributed by atoms with Crippen LogP contribution >= 0.6 is 0 Å². The number of carbonyl (C=O) groups is 3. The molecule has 2 heterocycles. The number of allylic oxidation sites excluding steroid dienone is 8. The molecule has 0 spiro atoms. The molecule has 0 aromatic heterocycles. The van der Waals surface area contributed by atoms with Gasteiger partial charge in [-0.05, 0) is 18.4 Å². The van der Waals surface area contributed by atoms with Crippen molar-refractivity contribution < 1.29 is 68.3 Å². The summed E-state index contributed by atoms with van der Waals surface area (Å²) in [4.78, 5) is 40.7. The number of rotatable bonds is 22. The number of nitrogens with one attached hydrogen (secondary N) is 1. The second kappa shape index (κ2) is 23.3. The van der Waals surface area contributed by atoms with E-state index < -0.39 is 46.9 Å². The summed E-state index contributed by atoms with van der Waals surface area (Å²) in [5.41, 5.74) is 6.23. The number of carbonyl (C=O) groups excluding carboxylic acids is 3. The van der Waals surface area contributed by atoms with Crippen LogP contribution in [0.3, 0.4) is 0 Å². The van der Waals surface area contributed by atoms with Crippen LogP contribution in [0.1, 0.15) is 122 Å². The van der Waals surface area contributed by atoms with Crippen LogP contribution in [0.2, 0.25) is 0 Å². The number of fused-ring (bicyclic) bond motifs is 1. The molecule has 3 aromatic rings. The van der Waals surface area contributed by atoms with Crippen molar-refractivity contribution in [1.29, 1.82) is 0 Å². The van der Waals surface area contributed by atoms with Crippen LogP contribution in [0.25, 0.3) is 5.57 Å². The number of unbranched alkanes of at least 4 members (excludes halogenated alkanes) is 2. The summed E-state index contributed by atoms with van der Waals surface area (Å²) >= 11 is 5.61. The Labute approximate surface area is 438 Å². The predicted octanol–water partition coefficient (Wildman–Crippen LogP) is 8.51. The first kappa shape index (κ1) is 57.4. The molecule has 3 amide bonds. The second-order valence-electron chi connectivity index (χ2n) is 20.4. The Balaban J connectivity index is 1.30. The number of benzene rings is 3. The van der Waals surface area contributed by atoms with Crippen molar-refractivity contribution in [2.45, 2.75) is 126 Å². The summed E-state index contributed by atoms with van der Waals surface area (Å²) in [5, 5.41) is 2.85. The van der Waals surface area contributed by atoms with Crippen molar-refractivity contribution in [3.63, 3.8) is 0 Å². The van der Waals surface area contributed by atoms with Gasteiger partial charge in [0.2, 0.25) is 17.7 Å². The Kier molecular flexibility index (Phi) is 18.4. The quantitative estimate of drug-likeness (QED) is 0.0320. The predicted molar refractivity (Wildman–Crippen MR) is 279 cm³/mol. The molecule has 15 nitrogen and oxygen atoms in total. The van der Waals surface area contributed by atoms with Gasteiger partial charge < -0.3 is 5.32 Å². The van der Waals surface area contributed by atoms with E-state index in [1.807, 2.05) is 82.9 Å². The van der Waals surface area contributed by atoms with Gasteiger partial charge in [-0.15, -0.1) is 0 Å². The molecule has 1 atom stereocenters. The van der Waals surface area contributed by atoms with E-state index in [9.17, 15) is 53.3 Å². The molecule has 3 aromatic carbocycles. The number of nitrogens with zero attached hydrogens (tertiary/aromatic N) is 2. The van der Waals surface area contributed by atoms with Crippen molar-refractivity contribution in [3.8, 4) is 0 Å². The molecule has 1 unspecified atom stereocenters. The molecule has 73 heavy (non-hydrogen) atoms. The normalized spacial score (nSPS) is 18.8. The number of aryl methyl sites for hydroxylation is 1. The number of amides is 3. The van der Waals surface area contributed by atoms with E-state index in [1.54, 1.807) is 18.2 Å². The van der Waals surface area contributed by atoms with Gasteiger partial charge in [0.15, 0.2) is 0 Å². The second-order valence-corrected chi connectivity index (χ2v) is 25.3. The number of hydrogen-bond acceptors (Lipinski definition) is 10. The maximum Gasteiger partial charge on any atom is 0.233 e. The molecule has 398 valence electrons. The summed E-state index contributed by atoms with van der Waals surface area (Å²) in [6.45, 7) is 12.2. The molecule has 0 radical (unpaired) electrons. The van der Waals surface area contributed by atoms with Gasteiger partial charge in [-0.2, -0.15) is 16.8 Å². The Morgan fingerprint density at radius 1 is 0.849 bits per heavy atom. The minimum atomic E-state index is -4.53.